The van der Waals surface area contributed by atoms with Crippen LogP contribution in [0.5, 0.6) is 11.5 Å². The summed E-state index contributed by atoms with van der Waals surface area (Å²) in [6, 6.07) is 9.99. The Hall–Kier alpha value is -2.86. The van der Waals surface area contributed by atoms with Crippen LogP contribution < -0.4 is 4.74 Å². The van der Waals surface area contributed by atoms with E-state index in [2.05, 4.69) is 10.1 Å². The van der Waals surface area contributed by atoms with Crippen LogP contribution in [0.4, 0.5) is 0 Å². The van der Waals surface area contributed by atoms with Crippen molar-refractivity contribution in [2.45, 2.75) is 33.1 Å². The molecule has 0 aliphatic rings. The van der Waals surface area contributed by atoms with Gasteiger partial charge in [0.05, 0.1) is 26.3 Å². The van der Waals surface area contributed by atoms with Crippen LogP contribution in [0.25, 0.3) is 11.4 Å². The minimum Gasteiger partial charge on any atom is -0.507 e. The summed E-state index contributed by atoms with van der Waals surface area (Å²) < 4.78 is 22.7. The number of aliphatic hydroxyl groups is 1. The van der Waals surface area contributed by atoms with Crippen molar-refractivity contribution in [3.63, 3.8) is 0 Å². The Balaban J connectivity index is 1.94. The van der Waals surface area contributed by atoms with Crippen LogP contribution in [-0.4, -0.2) is 25.0 Å². The number of aromatic hydroxyl groups is 1. The molecule has 2 heterocycles. The number of phenols is 1. The number of benzene rings is 1. The standard InChI is InChI=1S/C19H21N3O3/c1-13(2)22-16(8-10-21-22)19-14(5-4-9-20-19)12-25-18-7-3-6-17(24)15(18)11-23/h3-10,13,23-24H,11-12H2,1-2H3/i11D2. The van der Waals surface area contributed by atoms with Gasteiger partial charge in [-0.15, -0.1) is 0 Å². The third kappa shape index (κ3) is 3.49. The van der Waals surface area contributed by atoms with Crippen molar-refractivity contribution in [2.75, 3.05) is 0 Å². The molecule has 2 N–H and O–H groups in total. The van der Waals surface area contributed by atoms with Gasteiger partial charge in [0.2, 0.25) is 0 Å². The van der Waals surface area contributed by atoms with E-state index in [-0.39, 0.29) is 29.7 Å². The number of ether oxygens (including phenoxy) is 1. The number of hydrogen-bond donors (Lipinski definition) is 2. The average molecular weight is 341 g/mol. The predicted octanol–water partition coefficient (Wildman–Crippen LogP) is 3.30. The summed E-state index contributed by atoms with van der Waals surface area (Å²) in [5.41, 5.74) is 2.02. The fraction of sp³-hybridized carbons (Fsp3) is 0.263. The Bertz CT molecular complexity index is 936. The molecule has 0 aliphatic heterocycles. The second kappa shape index (κ2) is 7.36. The Morgan fingerprint density at radius 1 is 1.20 bits per heavy atom. The first-order valence-corrected chi connectivity index (χ1v) is 7.94. The van der Waals surface area contributed by atoms with Gasteiger partial charge >= 0.3 is 0 Å². The average Bonchev–Trinajstić information content (AvgIpc) is 3.09. The maximum Gasteiger partial charge on any atom is 0.129 e. The van der Waals surface area contributed by atoms with Gasteiger partial charge in [0.1, 0.15) is 18.1 Å². The highest BCUT2D eigenvalue weighted by molar-refractivity contribution is 5.59. The topological polar surface area (TPSA) is 80.4 Å². The Kier molecular flexibility index (Phi) is 4.26. The summed E-state index contributed by atoms with van der Waals surface area (Å²) in [5, 5.41) is 24.0. The monoisotopic (exact) mass is 341 g/mol. The molecule has 1 aromatic carbocycles. The third-order valence-electron chi connectivity index (χ3n) is 3.79. The molecule has 6 nitrogen and oxygen atoms in total. The highest BCUT2D eigenvalue weighted by atomic mass is 16.5. The van der Waals surface area contributed by atoms with Crippen LogP contribution in [0.3, 0.4) is 0 Å². The Morgan fingerprint density at radius 3 is 2.80 bits per heavy atom. The van der Waals surface area contributed by atoms with Crippen LogP contribution in [0.15, 0.2) is 48.8 Å². The number of nitrogens with zero attached hydrogens (tertiary/aromatic N) is 3. The van der Waals surface area contributed by atoms with Crippen molar-refractivity contribution in [3.05, 3.63) is 59.9 Å². The minimum atomic E-state index is -2.73. The van der Waals surface area contributed by atoms with Gasteiger partial charge in [0.25, 0.3) is 0 Å². The molecule has 0 saturated heterocycles. The Morgan fingerprint density at radius 2 is 2.04 bits per heavy atom. The zero-order valence-electron chi connectivity index (χ0n) is 16.0. The van der Waals surface area contributed by atoms with Gasteiger partial charge in [-0.3, -0.25) is 9.67 Å². The highest BCUT2D eigenvalue weighted by Gasteiger charge is 2.15. The lowest BCUT2D eigenvalue weighted by atomic mass is 10.1. The van der Waals surface area contributed by atoms with E-state index in [0.717, 1.165) is 11.3 Å². The van der Waals surface area contributed by atoms with E-state index in [0.29, 0.717) is 5.69 Å². The second-order valence-corrected chi connectivity index (χ2v) is 5.82. The largest absolute Gasteiger partial charge is 0.507 e. The van der Waals surface area contributed by atoms with E-state index in [9.17, 15) is 10.2 Å². The summed E-state index contributed by atoms with van der Waals surface area (Å²) in [6.07, 6.45) is 3.39. The molecule has 6 heteroatoms. The number of pyridine rings is 1. The maximum absolute atomic E-state index is 9.92. The molecule has 0 aliphatic carbocycles. The van der Waals surface area contributed by atoms with Gasteiger partial charge in [-0.05, 0) is 38.1 Å². The van der Waals surface area contributed by atoms with Crippen molar-refractivity contribution in [3.8, 4) is 22.9 Å². The quantitative estimate of drug-likeness (QED) is 0.719. The van der Waals surface area contributed by atoms with Crippen LogP contribution >= 0.6 is 0 Å². The van der Waals surface area contributed by atoms with E-state index < -0.39 is 6.56 Å². The van der Waals surface area contributed by atoms with E-state index in [1.807, 2.05) is 30.7 Å². The Labute approximate surface area is 149 Å². The lowest BCUT2D eigenvalue weighted by Gasteiger charge is -2.15. The summed E-state index contributed by atoms with van der Waals surface area (Å²) in [7, 11) is 0. The van der Waals surface area contributed by atoms with Crippen molar-refractivity contribution in [1.29, 1.82) is 0 Å². The lowest BCUT2D eigenvalue weighted by molar-refractivity contribution is 0.253. The maximum atomic E-state index is 9.92. The fourth-order valence-corrected chi connectivity index (χ4v) is 2.61. The first kappa shape index (κ1) is 14.5. The molecule has 0 fully saturated rings. The fourth-order valence-electron chi connectivity index (χ4n) is 2.61. The molecule has 130 valence electrons. The van der Waals surface area contributed by atoms with Gasteiger partial charge in [-0.2, -0.15) is 5.10 Å². The van der Waals surface area contributed by atoms with E-state index in [1.165, 1.54) is 18.2 Å². The molecule has 0 bridgehead atoms. The summed E-state index contributed by atoms with van der Waals surface area (Å²) in [6.45, 7) is 1.41. The molecule has 25 heavy (non-hydrogen) atoms. The minimum absolute atomic E-state index is 0.0645. The van der Waals surface area contributed by atoms with Crippen molar-refractivity contribution >= 4 is 0 Å². The van der Waals surface area contributed by atoms with E-state index >= 15 is 0 Å². The van der Waals surface area contributed by atoms with Crippen molar-refractivity contribution in [1.82, 2.24) is 14.8 Å². The van der Waals surface area contributed by atoms with Gasteiger partial charge in [0.15, 0.2) is 0 Å². The summed E-state index contributed by atoms with van der Waals surface area (Å²) >= 11 is 0. The molecule has 0 saturated carbocycles. The van der Waals surface area contributed by atoms with E-state index in [4.69, 9.17) is 7.48 Å². The van der Waals surface area contributed by atoms with Crippen LogP contribution in [0.1, 0.15) is 33.8 Å². The van der Waals surface area contributed by atoms with Gasteiger partial charge in [0, 0.05) is 24.0 Å². The zero-order chi connectivity index (χ0) is 19.6. The molecule has 0 spiro atoms. The first-order valence-electron chi connectivity index (χ1n) is 8.94. The molecule has 0 amide bonds. The molecule has 3 aromatic rings. The zero-order valence-corrected chi connectivity index (χ0v) is 14.0. The predicted molar refractivity (Wildman–Crippen MR) is 94.2 cm³/mol. The molecule has 0 atom stereocenters. The van der Waals surface area contributed by atoms with Crippen LogP contribution in [0, 0.1) is 0 Å². The number of aromatic nitrogens is 3. The van der Waals surface area contributed by atoms with E-state index in [1.54, 1.807) is 18.5 Å². The summed E-state index contributed by atoms with van der Waals surface area (Å²) in [5.74, 6) is -0.307. The smallest absolute Gasteiger partial charge is 0.129 e. The molecule has 3 rings (SSSR count). The van der Waals surface area contributed by atoms with Crippen molar-refractivity contribution in [2.24, 2.45) is 0 Å². The van der Waals surface area contributed by atoms with Gasteiger partial charge in [-0.25, -0.2) is 0 Å². The second-order valence-electron chi connectivity index (χ2n) is 5.82. The SMILES string of the molecule is [2H]C([2H])(O)c1c(O)cccc1OCc1cccnc1-c1ccnn1C(C)C. The lowest BCUT2D eigenvalue weighted by Crippen LogP contribution is -2.08. The molecule has 0 unspecified atom stereocenters. The van der Waals surface area contributed by atoms with Crippen molar-refractivity contribution < 1.29 is 17.7 Å². The van der Waals surface area contributed by atoms with Crippen LogP contribution in [0.2, 0.25) is 0 Å². The molecular formula is C19H21N3O3. The number of hydrogen-bond acceptors (Lipinski definition) is 5. The third-order valence-corrected chi connectivity index (χ3v) is 3.79. The first-order chi connectivity index (χ1) is 12.8. The van der Waals surface area contributed by atoms with Gasteiger partial charge in [-0.1, -0.05) is 12.1 Å². The van der Waals surface area contributed by atoms with Gasteiger partial charge < -0.3 is 14.9 Å². The highest BCUT2D eigenvalue weighted by Crippen LogP contribution is 2.29. The molecule has 2 aromatic heterocycles. The normalized spacial score (nSPS) is 12.8. The molecular weight excluding hydrogens is 318 g/mol. The molecule has 0 radical (unpaired) electrons. The summed E-state index contributed by atoms with van der Waals surface area (Å²) in [4.78, 5) is 4.45. The van der Waals surface area contributed by atoms with Crippen LogP contribution in [-0.2, 0) is 13.2 Å². The number of rotatable bonds is 6.